The zero-order valence-corrected chi connectivity index (χ0v) is 15.6. The van der Waals surface area contributed by atoms with Crippen LogP contribution >= 0.6 is 23.2 Å². The van der Waals surface area contributed by atoms with Gasteiger partial charge in [0, 0.05) is 19.3 Å². The van der Waals surface area contributed by atoms with Crippen LogP contribution < -0.4 is 16.2 Å². The number of rotatable bonds is 7. The van der Waals surface area contributed by atoms with Gasteiger partial charge in [-0.15, -0.1) is 0 Å². The molecule has 0 aliphatic carbocycles. The summed E-state index contributed by atoms with van der Waals surface area (Å²) in [4.78, 5) is 21.5. The van der Waals surface area contributed by atoms with E-state index >= 15 is 0 Å². The van der Waals surface area contributed by atoms with E-state index in [4.69, 9.17) is 33.7 Å². The van der Waals surface area contributed by atoms with Gasteiger partial charge in [0.1, 0.15) is 5.52 Å². The summed E-state index contributed by atoms with van der Waals surface area (Å²) in [5, 5.41) is 5.10. The molecule has 2 heterocycles. The molecule has 1 aromatic carbocycles. The molecular formula is C16H18Cl2N6O2. The van der Waals surface area contributed by atoms with Gasteiger partial charge >= 0.3 is 0 Å². The molecule has 3 rings (SSSR count). The van der Waals surface area contributed by atoms with E-state index in [0.29, 0.717) is 53.3 Å². The lowest BCUT2D eigenvalue weighted by atomic mass is 10.3. The third kappa shape index (κ3) is 3.83. The van der Waals surface area contributed by atoms with Gasteiger partial charge in [0.2, 0.25) is 5.95 Å². The van der Waals surface area contributed by atoms with Crippen molar-refractivity contribution in [1.82, 2.24) is 19.7 Å². The van der Waals surface area contributed by atoms with E-state index in [9.17, 15) is 4.79 Å². The number of aromatic nitrogens is 4. The van der Waals surface area contributed by atoms with Crippen LogP contribution in [-0.4, -0.2) is 46.6 Å². The number of hydrogen-bond acceptors (Lipinski definition) is 6. The second kappa shape index (κ2) is 8.05. The molecule has 0 unspecified atom stereocenters. The maximum absolute atomic E-state index is 12.5. The van der Waals surface area contributed by atoms with Gasteiger partial charge in [-0.3, -0.25) is 14.5 Å². The molecule has 0 spiro atoms. The Morgan fingerprint density at radius 3 is 2.85 bits per heavy atom. The van der Waals surface area contributed by atoms with Gasteiger partial charge in [-0.2, -0.15) is 5.10 Å². The number of nitrogens with two attached hydrogens (primary N) is 1. The summed E-state index contributed by atoms with van der Waals surface area (Å²) in [5.74, 6) is 0.375. The Hall–Kier alpha value is -2.13. The van der Waals surface area contributed by atoms with Gasteiger partial charge in [-0.05, 0) is 18.2 Å². The number of fused-ring (bicyclic) bond motifs is 1. The maximum atomic E-state index is 12.5. The summed E-state index contributed by atoms with van der Waals surface area (Å²) < 4.78 is 6.91. The fourth-order valence-corrected chi connectivity index (χ4v) is 2.77. The molecule has 0 saturated heterocycles. The molecule has 0 bridgehead atoms. The van der Waals surface area contributed by atoms with Gasteiger partial charge in [0.15, 0.2) is 5.52 Å². The molecule has 10 heteroatoms. The zero-order chi connectivity index (χ0) is 18.7. The Kier molecular flexibility index (Phi) is 5.77. The third-order valence-electron chi connectivity index (χ3n) is 3.80. The molecule has 138 valence electrons. The van der Waals surface area contributed by atoms with Gasteiger partial charge in [-0.1, -0.05) is 23.2 Å². The maximum Gasteiger partial charge on any atom is 0.278 e. The van der Waals surface area contributed by atoms with Crippen molar-refractivity contribution in [3.05, 3.63) is 44.8 Å². The summed E-state index contributed by atoms with van der Waals surface area (Å²) in [7, 11) is 1.77. The minimum absolute atomic E-state index is 0.284. The molecule has 0 aliphatic rings. The fraction of sp³-hybridized carbons (Fsp3) is 0.312. The number of benzene rings is 1. The Morgan fingerprint density at radius 1 is 1.31 bits per heavy atom. The number of nitrogens with one attached hydrogen (secondary N) is 1. The number of nitrogens with zero attached hydrogens (tertiary/aromatic N) is 4. The summed E-state index contributed by atoms with van der Waals surface area (Å²) in [6.07, 6.45) is 1.56. The first kappa shape index (κ1) is 18.7. The number of H-pyrrole nitrogens is 1. The van der Waals surface area contributed by atoms with E-state index in [0.717, 1.165) is 5.69 Å². The van der Waals surface area contributed by atoms with Crippen molar-refractivity contribution in [2.24, 2.45) is 5.73 Å². The Bertz CT molecular complexity index is 971. The predicted molar refractivity (Wildman–Crippen MR) is 103 cm³/mol. The lowest BCUT2D eigenvalue weighted by molar-refractivity contribution is 0.131. The Balaban J connectivity index is 1.89. The zero-order valence-electron chi connectivity index (χ0n) is 14.1. The lowest BCUT2D eigenvalue weighted by Crippen LogP contribution is -2.21. The monoisotopic (exact) mass is 396 g/mol. The molecule has 0 atom stereocenters. The second-order valence-corrected chi connectivity index (χ2v) is 6.36. The normalized spacial score (nSPS) is 11.2. The van der Waals surface area contributed by atoms with Crippen LogP contribution in [-0.2, 0) is 11.3 Å². The topological polar surface area (TPSA) is 102 Å². The van der Waals surface area contributed by atoms with Crippen molar-refractivity contribution in [1.29, 1.82) is 0 Å². The first-order chi connectivity index (χ1) is 12.5. The smallest absolute Gasteiger partial charge is 0.278 e. The van der Waals surface area contributed by atoms with E-state index in [-0.39, 0.29) is 5.56 Å². The summed E-state index contributed by atoms with van der Waals surface area (Å²) in [5.41, 5.74) is 6.73. The van der Waals surface area contributed by atoms with Crippen LogP contribution in [0.4, 0.5) is 11.6 Å². The molecule has 26 heavy (non-hydrogen) atoms. The molecule has 0 aliphatic heterocycles. The van der Waals surface area contributed by atoms with Crippen molar-refractivity contribution >= 4 is 45.9 Å². The van der Waals surface area contributed by atoms with E-state index in [2.05, 4.69) is 15.1 Å². The first-order valence-corrected chi connectivity index (χ1v) is 8.69. The van der Waals surface area contributed by atoms with Crippen LogP contribution in [0.25, 0.3) is 11.0 Å². The quantitative estimate of drug-likeness (QED) is 0.593. The number of hydrogen-bond donors (Lipinski definition) is 2. The average Bonchev–Trinajstić information content (AvgIpc) is 3.04. The van der Waals surface area contributed by atoms with Crippen molar-refractivity contribution in [3.63, 3.8) is 0 Å². The summed E-state index contributed by atoms with van der Waals surface area (Å²) in [6.45, 7) is 1.77. The number of anilines is 2. The third-order valence-corrected chi connectivity index (χ3v) is 4.54. The highest BCUT2D eigenvalue weighted by molar-refractivity contribution is 6.42. The molecule has 8 nitrogen and oxygen atoms in total. The molecule has 0 saturated carbocycles. The minimum atomic E-state index is -0.284. The van der Waals surface area contributed by atoms with Crippen molar-refractivity contribution in [2.45, 2.75) is 6.54 Å². The van der Waals surface area contributed by atoms with E-state index in [1.54, 1.807) is 41.0 Å². The van der Waals surface area contributed by atoms with Gasteiger partial charge in [0.05, 0.1) is 36.0 Å². The van der Waals surface area contributed by atoms with Crippen LogP contribution in [0.3, 0.4) is 0 Å². The standard InChI is InChI=1S/C16H18Cl2N6O2/c1-23(10-2-3-11(17)12(18)8-10)16-21-13-9-20-24(5-7-26-6-4-19)14(13)15(25)22-16/h2-3,8-9H,4-7,19H2,1H3,(H,21,22,25). The highest BCUT2D eigenvalue weighted by atomic mass is 35.5. The highest BCUT2D eigenvalue weighted by Crippen LogP contribution is 2.29. The van der Waals surface area contributed by atoms with Crippen molar-refractivity contribution < 1.29 is 4.74 Å². The largest absolute Gasteiger partial charge is 0.378 e. The van der Waals surface area contributed by atoms with Crippen LogP contribution in [0.2, 0.25) is 10.0 Å². The molecule has 0 fully saturated rings. The minimum Gasteiger partial charge on any atom is -0.378 e. The lowest BCUT2D eigenvalue weighted by Gasteiger charge is -2.18. The number of halogens is 2. The fourth-order valence-electron chi connectivity index (χ4n) is 2.47. The van der Waals surface area contributed by atoms with E-state index in [1.807, 2.05) is 0 Å². The molecule has 2 aromatic heterocycles. The van der Waals surface area contributed by atoms with Crippen LogP contribution in [0.5, 0.6) is 0 Å². The van der Waals surface area contributed by atoms with Crippen molar-refractivity contribution in [3.8, 4) is 0 Å². The number of aromatic amines is 1. The average molecular weight is 397 g/mol. The van der Waals surface area contributed by atoms with Gasteiger partial charge in [0.25, 0.3) is 5.56 Å². The summed E-state index contributed by atoms with van der Waals surface area (Å²) in [6, 6.07) is 5.18. The molecule has 0 radical (unpaired) electrons. The summed E-state index contributed by atoms with van der Waals surface area (Å²) >= 11 is 12.0. The van der Waals surface area contributed by atoms with E-state index < -0.39 is 0 Å². The molecule has 0 amide bonds. The molecule has 3 N–H and O–H groups in total. The van der Waals surface area contributed by atoms with Crippen molar-refractivity contribution in [2.75, 3.05) is 31.7 Å². The van der Waals surface area contributed by atoms with Gasteiger partial charge < -0.3 is 15.4 Å². The van der Waals surface area contributed by atoms with Gasteiger partial charge in [-0.25, -0.2) is 4.98 Å². The SMILES string of the molecule is CN(c1ccc(Cl)c(Cl)c1)c1nc2cnn(CCOCCN)c2c(=O)[nH]1. The molecule has 3 aromatic rings. The van der Waals surface area contributed by atoms with Crippen LogP contribution in [0, 0.1) is 0 Å². The number of ether oxygens (including phenoxy) is 1. The van der Waals surface area contributed by atoms with Crippen LogP contribution in [0.1, 0.15) is 0 Å². The predicted octanol–water partition coefficient (Wildman–Crippen LogP) is 2.17. The van der Waals surface area contributed by atoms with E-state index in [1.165, 1.54) is 0 Å². The first-order valence-electron chi connectivity index (χ1n) is 7.93. The van der Waals surface area contributed by atoms with Crippen LogP contribution in [0.15, 0.2) is 29.2 Å². The molecular weight excluding hydrogens is 379 g/mol. The Labute approximate surface area is 159 Å². The highest BCUT2D eigenvalue weighted by Gasteiger charge is 2.14. The Morgan fingerprint density at radius 2 is 2.12 bits per heavy atom. The second-order valence-electron chi connectivity index (χ2n) is 5.55.